The molecule has 5 aromatic carbocycles. The lowest BCUT2D eigenvalue weighted by molar-refractivity contribution is 0.627. The number of benzene rings is 5. The monoisotopic (exact) mass is 533 g/mol. The molecule has 0 radical (unpaired) electrons. The van der Waals surface area contributed by atoms with E-state index in [-0.39, 0.29) is 11.6 Å². The van der Waals surface area contributed by atoms with Gasteiger partial charge in [0.05, 0.1) is 11.2 Å². The van der Waals surface area contributed by atoms with Crippen molar-refractivity contribution >= 4 is 44.7 Å². The first-order chi connectivity index (χ1) is 18.5. The highest BCUT2D eigenvalue weighted by Crippen LogP contribution is 2.45. The zero-order valence-electron chi connectivity index (χ0n) is 20.3. The van der Waals surface area contributed by atoms with Gasteiger partial charge < -0.3 is 0 Å². The normalized spacial score (nSPS) is 11.5. The van der Waals surface area contributed by atoms with E-state index in [0.29, 0.717) is 5.69 Å². The summed E-state index contributed by atoms with van der Waals surface area (Å²) in [5, 5.41) is 4.06. The topological polar surface area (TPSA) is 12.9 Å². The molecule has 0 amide bonds. The van der Waals surface area contributed by atoms with Crippen LogP contribution in [0.4, 0.5) is 8.78 Å². The molecule has 38 heavy (non-hydrogen) atoms. The van der Waals surface area contributed by atoms with Gasteiger partial charge in [-0.2, -0.15) is 0 Å². The minimum absolute atomic E-state index is 0.296. The van der Waals surface area contributed by atoms with Gasteiger partial charge in [-0.1, -0.05) is 103 Å². The zero-order valence-corrected chi connectivity index (χ0v) is 22.0. The quantitative estimate of drug-likeness (QED) is 0.212. The van der Waals surface area contributed by atoms with E-state index in [4.69, 9.17) is 16.8 Å². The summed E-state index contributed by atoms with van der Waals surface area (Å²) >= 11 is 6.65. The van der Waals surface area contributed by atoms with Gasteiger partial charge in [0.15, 0.2) is 0 Å². The van der Waals surface area contributed by atoms with E-state index in [0.717, 1.165) is 43.5 Å². The molecule has 0 atom stereocenters. The zero-order chi connectivity index (χ0) is 26.1. The van der Waals surface area contributed by atoms with Gasteiger partial charge >= 0.3 is 0 Å². The van der Waals surface area contributed by atoms with Crippen molar-refractivity contribution in [3.63, 3.8) is 0 Å². The third kappa shape index (κ3) is 4.36. The van der Waals surface area contributed by atoms with Crippen molar-refractivity contribution in [2.75, 3.05) is 0 Å². The third-order valence-electron chi connectivity index (χ3n) is 6.69. The average Bonchev–Trinajstić information content (AvgIpc) is 2.97. The van der Waals surface area contributed by atoms with Crippen LogP contribution in [0.1, 0.15) is 0 Å². The summed E-state index contributed by atoms with van der Waals surface area (Å²) < 4.78 is 27.6. The molecule has 1 aromatic heterocycles. The van der Waals surface area contributed by atoms with E-state index < -0.39 is 6.04 Å². The highest BCUT2D eigenvalue weighted by Gasteiger charge is 2.28. The molecule has 6 rings (SSSR count). The van der Waals surface area contributed by atoms with Crippen LogP contribution >= 0.6 is 6.04 Å². The van der Waals surface area contributed by atoms with Crippen LogP contribution in [-0.4, -0.2) is 4.98 Å². The van der Waals surface area contributed by atoms with E-state index in [1.54, 1.807) is 24.3 Å². The first-order valence-corrected chi connectivity index (χ1v) is 15.0. The maximum atomic E-state index is 13.8. The Kier molecular flexibility index (Phi) is 6.45. The van der Waals surface area contributed by atoms with Gasteiger partial charge in [0, 0.05) is 22.3 Å². The highest BCUT2D eigenvalue weighted by molar-refractivity contribution is 8.25. The Morgan fingerprint density at radius 1 is 0.553 bits per heavy atom. The molecule has 0 aliphatic carbocycles. The van der Waals surface area contributed by atoms with E-state index in [9.17, 15) is 8.78 Å². The Labute approximate surface area is 225 Å². The summed E-state index contributed by atoms with van der Waals surface area (Å²) in [5.41, 5.74) is 4.07. The molecular weight excluding hydrogens is 511 g/mol. The van der Waals surface area contributed by atoms with Gasteiger partial charge in [0.25, 0.3) is 0 Å². The summed E-state index contributed by atoms with van der Waals surface area (Å²) in [5.74, 6) is -0.604. The van der Waals surface area contributed by atoms with Crippen LogP contribution in [0.5, 0.6) is 0 Å². The van der Waals surface area contributed by atoms with Crippen LogP contribution < -0.4 is 15.9 Å². The lowest BCUT2D eigenvalue weighted by Crippen LogP contribution is -2.25. The Bertz CT molecular complexity index is 1740. The molecular formula is C33H22F2NPS. The molecule has 0 spiro atoms. The molecule has 0 unspecified atom stereocenters. The minimum atomic E-state index is -2.51. The fraction of sp³-hybridized carbons (Fsp3) is 0. The Balaban J connectivity index is 1.71. The van der Waals surface area contributed by atoms with Crippen molar-refractivity contribution in [1.82, 2.24) is 4.98 Å². The first kappa shape index (κ1) is 24.4. The number of rotatable bonds is 5. The summed E-state index contributed by atoms with van der Waals surface area (Å²) in [6.07, 6.45) is 0. The Morgan fingerprint density at radius 2 is 1.08 bits per heavy atom. The van der Waals surface area contributed by atoms with Crippen LogP contribution in [0, 0.1) is 11.6 Å². The standard InChI is InChI=1S/C33H22F2NPS/c34-25-18-14-23(15-19-25)30-22-31(24-16-20-26(35)21-17-24)36-33-29(30)12-7-13-32(33)37(38,27-8-3-1-4-9-27)28-10-5-2-6-11-28/h1-22H. The van der Waals surface area contributed by atoms with Crippen molar-refractivity contribution in [3.8, 4) is 22.4 Å². The number of aromatic nitrogens is 1. The molecule has 1 heterocycles. The van der Waals surface area contributed by atoms with Crippen molar-refractivity contribution in [1.29, 1.82) is 0 Å². The second-order valence-corrected chi connectivity index (χ2v) is 13.4. The number of hydrogen-bond donors (Lipinski definition) is 0. The van der Waals surface area contributed by atoms with Gasteiger partial charge in [-0.3, -0.25) is 0 Å². The van der Waals surface area contributed by atoms with Gasteiger partial charge in [0.1, 0.15) is 11.6 Å². The maximum absolute atomic E-state index is 13.8. The molecule has 0 aliphatic rings. The summed E-state index contributed by atoms with van der Waals surface area (Å²) in [4.78, 5) is 5.16. The van der Waals surface area contributed by atoms with Gasteiger partial charge in [0.2, 0.25) is 0 Å². The van der Waals surface area contributed by atoms with Gasteiger partial charge in [-0.25, -0.2) is 13.8 Å². The number of pyridine rings is 1. The summed E-state index contributed by atoms with van der Waals surface area (Å²) in [6.45, 7) is 0. The largest absolute Gasteiger partial charge is 0.247 e. The van der Waals surface area contributed by atoms with Crippen LogP contribution in [0.3, 0.4) is 0 Å². The molecule has 0 fully saturated rings. The van der Waals surface area contributed by atoms with Crippen LogP contribution in [0.25, 0.3) is 33.3 Å². The molecule has 0 aliphatic heterocycles. The predicted octanol–water partition coefficient (Wildman–Crippen LogP) is 7.60. The fourth-order valence-corrected chi connectivity index (χ4v) is 8.80. The van der Waals surface area contributed by atoms with Crippen molar-refractivity contribution in [2.45, 2.75) is 0 Å². The minimum Gasteiger partial charge on any atom is -0.247 e. The second kappa shape index (κ2) is 10.1. The molecule has 0 saturated heterocycles. The van der Waals surface area contributed by atoms with Crippen molar-refractivity contribution in [2.24, 2.45) is 0 Å². The third-order valence-corrected chi connectivity index (χ3v) is 11.6. The van der Waals surface area contributed by atoms with Gasteiger partial charge in [-0.05, 0) is 64.2 Å². The number of fused-ring (bicyclic) bond motifs is 1. The fourth-order valence-electron chi connectivity index (χ4n) is 4.83. The predicted molar refractivity (Wildman–Crippen MR) is 159 cm³/mol. The van der Waals surface area contributed by atoms with E-state index in [1.807, 2.05) is 54.6 Å². The van der Waals surface area contributed by atoms with Crippen molar-refractivity contribution in [3.05, 3.63) is 145 Å². The summed E-state index contributed by atoms with van der Waals surface area (Å²) in [6, 6.07) is 38.9. The molecule has 5 heteroatoms. The SMILES string of the molecule is Fc1ccc(-c2cc(-c3ccc(F)cc3)c3cccc(P(=S)(c4ccccc4)c4ccccc4)c3n2)cc1. The maximum Gasteiger partial charge on any atom is 0.123 e. The molecule has 1 nitrogen and oxygen atoms in total. The first-order valence-electron chi connectivity index (χ1n) is 12.2. The lowest BCUT2D eigenvalue weighted by atomic mass is 9.98. The van der Waals surface area contributed by atoms with E-state index >= 15 is 0 Å². The second-order valence-electron chi connectivity index (χ2n) is 9.02. The number of para-hydroxylation sites is 1. The molecule has 0 bridgehead atoms. The number of halogens is 2. The average molecular weight is 534 g/mol. The van der Waals surface area contributed by atoms with Crippen LogP contribution in [0.2, 0.25) is 0 Å². The van der Waals surface area contributed by atoms with Crippen LogP contribution in [-0.2, 0) is 11.8 Å². The Hall–Kier alpha value is -3.98. The molecule has 0 N–H and O–H groups in total. The molecule has 184 valence electrons. The lowest BCUT2D eigenvalue weighted by Gasteiger charge is -2.26. The number of nitrogens with zero attached hydrogens (tertiary/aromatic N) is 1. The summed E-state index contributed by atoms with van der Waals surface area (Å²) in [7, 11) is 0. The Morgan fingerprint density at radius 3 is 1.63 bits per heavy atom. The van der Waals surface area contributed by atoms with E-state index in [1.165, 1.54) is 24.3 Å². The van der Waals surface area contributed by atoms with Gasteiger partial charge in [-0.15, -0.1) is 0 Å². The highest BCUT2D eigenvalue weighted by atomic mass is 32.4. The molecule has 6 aromatic rings. The smallest absolute Gasteiger partial charge is 0.123 e. The number of hydrogen-bond acceptors (Lipinski definition) is 2. The van der Waals surface area contributed by atoms with E-state index in [2.05, 4.69) is 30.3 Å². The van der Waals surface area contributed by atoms with Crippen LogP contribution in [0.15, 0.2) is 133 Å². The molecule has 0 saturated carbocycles. The van der Waals surface area contributed by atoms with Crippen molar-refractivity contribution < 1.29 is 8.78 Å².